The quantitative estimate of drug-likeness (QED) is 0.561. The molecule has 0 saturated heterocycles. The van der Waals surface area contributed by atoms with E-state index >= 15 is 0 Å². The molecular formula is C5H9N3S2. The van der Waals surface area contributed by atoms with Crippen molar-refractivity contribution in [3.05, 3.63) is 6.33 Å². The highest BCUT2D eigenvalue weighted by Crippen LogP contribution is 2.27. The summed E-state index contributed by atoms with van der Waals surface area (Å²) in [5.74, 6) is 1.16. The zero-order valence-electron chi connectivity index (χ0n) is 5.70. The summed E-state index contributed by atoms with van der Waals surface area (Å²) in [6.45, 7) is 2.16. The Kier molecular flexibility index (Phi) is 3.67. The van der Waals surface area contributed by atoms with E-state index in [1.54, 1.807) is 21.6 Å². The minimum atomic E-state index is 0.887. The van der Waals surface area contributed by atoms with Crippen LogP contribution in [0.1, 0.15) is 13.3 Å². The molecule has 1 N–H and O–H groups in total. The second kappa shape index (κ2) is 4.62. The summed E-state index contributed by atoms with van der Waals surface area (Å²) >= 11 is 0. The molecule has 0 unspecified atom stereocenters. The van der Waals surface area contributed by atoms with Crippen LogP contribution in [0.15, 0.2) is 11.5 Å². The van der Waals surface area contributed by atoms with Gasteiger partial charge in [0.25, 0.3) is 0 Å². The van der Waals surface area contributed by atoms with Crippen molar-refractivity contribution >= 4 is 21.6 Å². The van der Waals surface area contributed by atoms with E-state index in [0.29, 0.717) is 0 Å². The highest BCUT2D eigenvalue weighted by atomic mass is 33.1. The van der Waals surface area contributed by atoms with Crippen molar-refractivity contribution < 1.29 is 0 Å². The second-order valence-electron chi connectivity index (χ2n) is 1.70. The van der Waals surface area contributed by atoms with Gasteiger partial charge in [-0.1, -0.05) is 17.7 Å². The molecule has 5 heteroatoms. The maximum atomic E-state index is 3.96. The third kappa shape index (κ3) is 2.62. The van der Waals surface area contributed by atoms with Crippen LogP contribution in [0.5, 0.6) is 0 Å². The largest absolute Gasteiger partial charge is 0.254 e. The Hall–Kier alpha value is -0.160. The standard InChI is InChI=1S/C5H9N3S2/c1-2-3-9-10-5-6-4-7-8-5/h4H,2-3H2,1H3,(H,6,7,8). The van der Waals surface area contributed by atoms with Gasteiger partial charge in [-0.25, -0.2) is 4.98 Å². The number of hydrogen-bond acceptors (Lipinski definition) is 4. The van der Waals surface area contributed by atoms with Gasteiger partial charge in [-0.3, -0.25) is 5.10 Å². The first-order valence-corrected chi connectivity index (χ1v) is 5.40. The van der Waals surface area contributed by atoms with E-state index in [9.17, 15) is 0 Å². The number of aromatic nitrogens is 3. The lowest BCUT2D eigenvalue weighted by molar-refractivity contribution is 0.978. The topological polar surface area (TPSA) is 41.6 Å². The molecule has 0 spiro atoms. The molecule has 1 aromatic heterocycles. The number of hydrogen-bond donors (Lipinski definition) is 1. The molecule has 0 aliphatic heterocycles. The highest BCUT2D eigenvalue weighted by molar-refractivity contribution is 8.76. The van der Waals surface area contributed by atoms with Crippen molar-refractivity contribution in [3.63, 3.8) is 0 Å². The van der Waals surface area contributed by atoms with Crippen LogP contribution in [0, 0.1) is 0 Å². The lowest BCUT2D eigenvalue weighted by atomic mass is 10.6. The molecule has 0 atom stereocenters. The monoisotopic (exact) mass is 175 g/mol. The summed E-state index contributed by atoms with van der Waals surface area (Å²) < 4.78 is 0. The van der Waals surface area contributed by atoms with Gasteiger partial charge in [0, 0.05) is 5.75 Å². The van der Waals surface area contributed by atoms with Gasteiger partial charge in [0.05, 0.1) is 0 Å². The van der Waals surface area contributed by atoms with Crippen LogP contribution >= 0.6 is 21.6 Å². The average Bonchev–Trinajstić information content (AvgIpc) is 2.41. The summed E-state index contributed by atoms with van der Waals surface area (Å²) in [5.41, 5.74) is 0. The van der Waals surface area contributed by atoms with Crippen molar-refractivity contribution in [3.8, 4) is 0 Å². The SMILES string of the molecule is CCCSSc1ncn[nH]1. The van der Waals surface area contributed by atoms with Gasteiger partial charge in [-0.15, -0.1) is 0 Å². The maximum absolute atomic E-state index is 3.96. The normalized spacial score (nSPS) is 10.1. The van der Waals surface area contributed by atoms with Crippen LogP contribution in [-0.4, -0.2) is 20.9 Å². The average molecular weight is 175 g/mol. The van der Waals surface area contributed by atoms with E-state index < -0.39 is 0 Å². The van der Waals surface area contributed by atoms with Gasteiger partial charge in [-0.2, -0.15) is 5.10 Å². The Morgan fingerprint density at radius 1 is 1.70 bits per heavy atom. The van der Waals surface area contributed by atoms with Gasteiger partial charge in [0.15, 0.2) is 5.16 Å². The van der Waals surface area contributed by atoms with E-state index in [4.69, 9.17) is 0 Å². The Morgan fingerprint density at radius 3 is 3.20 bits per heavy atom. The van der Waals surface area contributed by atoms with Crippen LogP contribution < -0.4 is 0 Å². The van der Waals surface area contributed by atoms with E-state index in [-0.39, 0.29) is 0 Å². The Morgan fingerprint density at radius 2 is 2.60 bits per heavy atom. The zero-order chi connectivity index (χ0) is 7.23. The Bertz CT molecular complexity index is 163. The maximum Gasteiger partial charge on any atom is 0.194 e. The highest BCUT2D eigenvalue weighted by Gasteiger charge is 1.94. The van der Waals surface area contributed by atoms with E-state index in [0.717, 1.165) is 10.9 Å². The van der Waals surface area contributed by atoms with Gasteiger partial charge in [0.1, 0.15) is 6.33 Å². The van der Waals surface area contributed by atoms with Crippen molar-refractivity contribution in [2.75, 3.05) is 5.75 Å². The molecule has 0 fully saturated rings. The third-order valence-electron chi connectivity index (χ3n) is 0.818. The summed E-state index contributed by atoms with van der Waals surface area (Å²) in [7, 11) is 3.43. The van der Waals surface area contributed by atoms with Gasteiger partial charge >= 0.3 is 0 Å². The van der Waals surface area contributed by atoms with Crippen molar-refractivity contribution in [1.82, 2.24) is 15.2 Å². The van der Waals surface area contributed by atoms with Crippen LogP contribution in [0.2, 0.25) is 0 Å². The van der Waals surface area contributed by atoms with E-state index in [1.165, 1.54) is 12.7 Å². The van der Waals surface area contributed by atoms with Crippen molar-refractivity contribution in [2.24, 2.45) is 0 Å². The number of aromatic amines is 1. The summed E-state index contributed by atoms with van der Waals surface area (Å²) in [5, 5.41) is 7.40. The smallest absolute Gasteiger partial charge is 0.194 e. The predicted molar refractivity (Wildman–Crippen MR) is 45.0 cm³/mol. The molecule has 0 aliphatic carbocycles. The lowest BCUT2D eigenvalue weighted by Gasteiger charge is -1.91. The molecule has 1 rings (SSSR count). The van der Waals surface area contributed by atoms with Crippen molar-refractivity contribution in [1.29, 1.82) is 0 Å². The molecule has 0 amide bonds. The molecule has 56 valence electrons. The molecule has 0 radical (unpaired) electrons. The number of nitrogens with zero attached hydrogens (tertiary/aromatic N) is 2. The number of H-pyrrole nitrogens is 1. The number of rotatable bonds is 4. The minimum absolute atomic E-state index is 0.887. The molecule has 10 heavy (non-hydrogen) atoms. The molecule has 0 aromatic carbocycles. The fraction of sp³-hybridized carbons (Fsp3) is 0.600. The van der Waals surface area contributed by atoms with Crippen LogP contribution in [0.4, 0.5) is 0 Å². The zero-order valence-corrected chi connectivity index (χ0v) is 7.34. The molecule has 0 saturated carbocycles. The molecule has 3 nitrogen and oxygen atoms in total. The molecule has 1 heterocycles. The number of nitrogens with one attached hydrogen (secondary N) is 1. The van der Waals surface area contributed by atoms with E-state index in [2.05, 4.69) is 22.1 Å². The van der Waals surface area contributed by atoms with E-state index in [1.807, 2.05) is 0 Å². The third-order valence-corrected chi connectivity index (χ3v) is 3.19. The van der Waals surface area contributed by atoms with Gasteiger partial charge in [-0.05, 0) is 17.2 Å². The predicted octanol–water partition coefficient (Wildman–Crippen LogP) is 1.95. The van der Waals surface area contributed by atoms with Crippen LogP contribution in [-0.2, 0) is 0 Å². The minimum Gasteiger partial charge on any atom is -0.254 e. The molecular weight excluding hydrogens is 166 g/mol. The van der Waals surface area contributed by atoms with Crippen LogP contribution in [0.25, 0.3) is 0 Å². The fourth-order valence-corrected chi connectivity index (χ4v) is 2.28. The fourth-order valence-electron chi connectivity index (χ4n) is 0.415. The lowest BCUT2D eigenvalue weighted by Crippen LogP contribution is -1.72. The summed E-state index contributed by atoms with van der Waals surface area (Å²) in [6, 6.07) is 0. The Balaban J connectivity index is 2.15. The first-order valence-electron chi connectivity index (χ1n) is 3.08. The molecule has 0 aliphatic rings. The summed E-state index contributed by atoms with van der Waals surface area (Å²) in [4.78, 5) is 3.96. The van der Waals surface area contributed by atoms with Crippen LogP contribution in [0.3, 0.4) is 0 Å². The molecule has 1 aromatic rings. The molecule has 0 bridgehead atoms. The summed E-state index contributed by atoms with van der Waals surface area (Å²) in [6.07, 6.45) is 2.72. The first kappa shape index (κ1) is 7.94. The van der Waals surface area contributed by atoms with Gasteiger partial charge in [0.2, 0.25) is 0 Å². The van der Waals surface area contributed by atoms with Crippen molar-refractivity contribution in [2.45, 2.75) is 18.5 Å². The first-order chi connectivity index (χ1) is 4.93. The Labute approximate surface area is 67.8 Å². The van der Waals surface area contributed by atoms with Gasteiger partial charge < -0.3 is 0 Å². The second-order valence-corrected chi connectivity index (χ2v) is 4.10.